The van der Waals surface area contributed by atoms with Gasteiger partial charge < -0.3 is 10.8 Å². The van der Waals surface area contributed by atoms with Gasteiger partial charge in [0.1, 0.15) is 0 Å². The summed E-state index contributed by atoms with van der Waals surface area (Å²) in [6.45, 7) is 1.52. The van der Waals surface area contributed by atoms with Crippen molar-refractivity contribution in [2.45, 2.75) is 6.54 Å². The van der Waals surface area contributed by atoms with E-state index >= 15 is 0 Å². The van der Waals surface area contributed by atoms with Crippen LogP contribution in [0.2, 0.25) is 5.02 Å². The van der Waals surface area contributed by atoms with Crippen LogP contribution in [-0.4, -0.2) is 30.2 Å². The molecule has 0 aliphatic carbocycles. The van der Waals surface area contributed by atoms with E-state index in [0.717, 1.165) is 12.1 Å². The summed E-state index contributed by atoms with van der Waals surface area (Å²) >= 11 is 5.78. The fourth-order valence-corrected chi connectivity index (χ4v) is 1.43. The van der Waals surface area contributed by atoms with Gasteiger partial charge in [0.15, 0.2) is 0 Å². The standard InChI is InChI=1S/C10H15ClN2O/c1-13(4-5-14)7-8-2-3-9(11)6-10(8)12/h2-3,6,14H,4-5,7,12H2,1H3. The molecule has 0 unspecified atom stereocenters. The van der Waals surface area contributed by atoms with Gasteiger partial charge in [-0.05, 0) is 24.7 Å². The minimum Gasteiger partial charge on any atom is -0.398 e. The highest BCUT2D eigenvalue weighted by Gasteiger charge is 2.03. The Morgan fingerprint density at radius 2 is 2.21 bits per heavy atom. The molecule has 3 N–H and O–H groups in total. The number of aliphatic hydroxyl groups excluding tert-OH is 1. The maximum absolute atomic E-state index is 8.73. The van der Waals surface area contributed by atoms with Crippen molar-refractivity contribution in [1.29, 1.82) is 0 Å². The van der Waals surface area contributed by atoms with Gasteiger partial charge in [0.25, 0.3) is 0 Å². The summed E-state index contributed by atoms with van der Waals surface area (Å²) in [5.41, 5.74) is 7.52. The van der Waals surface area contributed by atoms with Crippen molar-refractivity contribution in [2.75, 3.05) is 25.9 Å². The van der Waals surface area contributed by atoms with Gasteiger partial charge in [0, 0.05) is 23.8 Å². The third-order valence-corrected chi connectivity index (χ3v) is 2.26. The van der Waals surface area contributed by atoms with Gasteiger partial charge in [-0.25, -0.2) is 0 Å². The van der Waals surface area contributed by atoms with Crippen LogP contribution in [0.1, 0.15) is 5.56 Å². The molecule has 78 valence electrons. The number of anilines is 1. The topological polar surface area (TPSA) is 49.5 Å². The zero-order valence-electron chi connectivity index (χ0n) is 8.20. The lowest BCUT2D eigenvalue weighted by Crippen LogP contribution is -2.22. The lowest BCUT2D eigenvalue weighted by molar-refractivity contribution is 0.217. The molecule has 14 heavy (non-hydrogen) atoms. The van der Waals surface area contributed by atoms with Gasteiger partial charge in [0.2, 0.25) is 0 Å². The van der Waals surface area contributed by atoms with E-state index in [0.29, 0.717) is 17.3 Å². The third kappa shape index (κ3) is 3.18. The van der Waals surface area contributed by atoms with Crippen LogP contribution in [0.4, 0.5) is 5.69 Å². The Morgan fingerprint density at radius 1 is 1.50 bits per heavy atom. The molecule has 0 bridgehead atoms. The van der Waals surface area contributed by atoms with Gasteiger partial charge in [-0.2, -0.15) is 0 Å². The Morgan fingerprint density at radius 3 is 2.79 bits per heavy atom. The fraction of sp³-hybridized carbons (Fsp3) is 0.400. The fourth-order valence-electron chi connectivity index (χ4n) is 1.25. The molecule has 0 radical (unpaired) electrons. The molecule has 0 fully saturated rings. The highest BCUT2D eigenvalue weighted by molar-refractivity contribution is 6.30. The largest absolute Gasteiger partial charge is 0.398 e. The van der Waals surface area contributed by atoms with Gasteiger partial charge in [-0.15, -0.1) is 0 Å². The van der Waals surface area contributed by atoms with Crippen LogP contribution >= 0.6 is 11.6 Å². The van der Waals surface area contributed by atoms with Crippen molar-refractivity contribution in [3.63, 3.8) is 0 Å². The van der Waals surface area contributed by atoms with Crippen LogP contribution in [0.15, 0.2) is 18.2 Å². The molecule has 1 aromatic rings. The molecule has 3 nitrogen and oxygen atoms in total. The van der Waals surface area contributed by atoms with E-state index in [-0.39, 0.29) is 6.61 Å². The number of hydrogen-bond donors (Lipinski definition) is 2. The van der Waals surface area contributed by atoms with Crippen LogP contribution in [-0.2, 0) is 6.54 Å². The zero-order chi connectivity index (χ0) is 10.6. The second kappa shape index (κ2) is 5.20. The van der Waals surface area contributed by atoms with E-state index in [1.54, 1.807) is 6.07 Å². The van der Waals surface area contributed by atoms with Gasteiger partial charge in [-0.1, -0.05) is 17.7 Å². The Bertz CT molecular complexity index is 304. The Kier molecular flexibility index (Phi) is 4.20. The maximum atomic E-state index is 8.73. The number of halogens is 1. The number of rotatable bonds is 4. The number of likely N-dealkylation sites (N-methyl/N-ethyl adjacent to an activating group) is 1. The van der Waals surface area contributed by atoms with Crippen molar-refractivity contribution >= 4 is 17.3 Å². The first kappa shape index (κ1) is 11.3. The van der Waals surface area contributed by atoms with Gasteiger partial charge >= 0.3 is 0 Å². The first-order valence-electron chi connectivity index (χ1n) is 4.47. The molecule has 0 aromatic heterocycles. The highest BCUT2D eigenvalue weighted by atomic mass is 35.5. The van der Waals surface area contributed by atoms with E-state index in [1.807, 2.05) is 24.1 Å². The second-order valence-corrected chi connectivity index (χ2v) is 3.74. The molecule has 1 rings (SSSR count). The van der Waals surface area contributed by atoms with Crippen molar-refractivity contribution in [2.24, 2.45) is 0 Å². The molecule has 4 heteroatoms. The van der Waals surface area contributed by atoms with Gasteiger partial charge in [0.05, 0.1) is 6.61 Å². The zero-order valence-corrected chi connectivity index (χ0v) is 8.96. The number of hydrogen-bond acceptors (Lipinski definition) is 3. The highest BCUT2D eigenvalue weighted by Crippen LogP contribution is 2.18. The Balaban J connectivity index is 2.67. The molecule has 0 aliphatic heterocycles. The number of nitrogens with zero attached hydrogens (tertiary/aromatic N) is 1. The first-order valence-corrected chi connectivity index (χ1v) is 4.84. The predicted molar refractivity (Wildman–Crippen MR) is 59.3 cm³/mol. The molecule has 1 aromatic carbocycles. The van der Waals surface area contributed by atoms with E-state index in [9.17, 15) is 0 Å². The number of aliphatic hydroxyl groups is 1. The SMILES string of the molecule is CN(CCO)Cc1ccc(Cl)cc1N. The van der Waals surface area contributed by atoms with Gasteiger partial charge in [-0.3, -0.25) is 4.90 Å². The lowest BCUT2D eigenvalue weighted by Gasteiger charge is -2.16. The van der Waals surface area contributed by atoms with Crippen LogP contribution in [0.5, 0.6) is 0 Å². The first-order chi connectivity index (χ1) is 6.63. The van der Waals surface area contributed by atoms with Crippen LogP contribution < -0.4 is 5.73 Å². The van der Waals surface area contributed by atoms with E-state index in [2.05, 4.69) is 0 Å². The molecule has 0 aliphatic rings. The van der Waals surface area contributed by atoms with Crippen LogP contribution in [0.25, 0.3) is 0 Å². The van der Waals surface area contributed by atoms with Crippen molar-refractivity contribution in [3.05, 3.63) is 28.8 Å². The summed E-state index contributed by atoms with van der Waals surface area (Å²) in [6, 6.07) is 5.47. The molecule has 0 atom stereocenters. The van der Waals surface area contributed by atoms with E-state index in [4.69, 9.17) is 22.4 Å². The number of benzene rings is 1. The molecule has 0 saturated carbocycles. The molecule has 0 spiro atoms. The molecular weight excluding hydrogens is 200 g/mol. The molecule has 0 amide bonds. The summed E-state index contributed by atoms with van der Waals surface area (Å²) in [5, 5.41) is 9.38. The Hall–Kier alpha value is -0.770. The minimum absolute atomic E-state index is 0.157. The van der Waals surface area contributed by atoms with Crippen molar-refractivity contribution in [1.82, 2.24) is 4.90 Å². The summed E-state index contributed by atoms with van der Waals surface area (Å²) in [4.78, 5) is 2.00. The van der Waals surface area contributed by atoms with Crippen LogP contribution in [0, 0.1) is 0 Å². The lowest BCUT2D eigenvalue weighted by atomic mass is 10.2. The third-order valence-electron chi connectivity index (χ3n) is 2.03. The van der Waals surface area contributed by atoms with E-state index in [1.165, 1.54) is 0 Å². The second-order valence-electron chi connectivity index (χ2n) is 3.30. The van der Waals surface area contributed by atoms with Crippen molar-refractivity contribution in [3.8, 4) is 0 Å². The van der Waals surface area contributed by atoms with Crippen LogP contribution in [0.3, 0.4) is 0 Å². The smallest absolute Gasteiger partial charge is 0.0558 e. The number of nitrogens with two attached hydrogens (primary N) is 1. The van der Waals surface area contributed by atoms with Crippen molar-refractivity contribution < 1.29 is 5.11 Å². The van der Waals surface area contributed by atoms with E-state index < -0.39 is 0 Å². The predicted octanol–water partition coefficient (Wildman–Crippen LogP) is 1.35. The monoisotopic (exact) mass is 214 g/mol. The summed E-state index contributed by atoms with van der Waals surface area (Å²) in [5.74, 6) is 0. The average Bonchev–Trinajstić information content (AvgIpc) is 2.10. The number of nitrogen functional groups attached to an aromatic ring is 1. The maximum Gasteiger partial charge on any atom is 0.0558 e. The molecule has 0 heterocycles. The normalized spacial score (nSPS) is 10.9. The average molecular weight is 215 g/mol. The molecule has 0 saturated heterocycles. The summed E-state index contributed by atoms with van der Waals surface area (Å²) in [7, 11) is 1.93. The quantitative estimate of drug-likeness (QED) is 0.744. The Labute approximate surface area is 89.1 Å². The minimum atomic E-state index is 0.157. The molecular formula is C10H15ClN2O. The summed E-state index contributed by atoms with van der Waals surface area (Å²) in [6.07, 6.45) is 0. The summed E-state index contributed by atoms with van der Waals surface area (Å²) < 4.78 is 0.